The minimum atomic E-state index is -0.139. The van der Waals surface area contributed by atoms with Crippen LogP contribution in [-0.2, 0) is 6.54 Å². The van der Waals surface area contributed by atoms with Gasteiger partial charge in [-0.2, -0.15) is 0 Å². The predicted molar refractivity (Wildman–Crippen MR) is 119 cm³/mol. The molecule has 0 radical (unpaired) electrons. The van der Waals surface area contributed by atoms with Crippen LogP contribution in [0.3, 0.4) is 0 Å². The number of H-pyrrole nitrogens is 1. The van der Waals surface area contributed by atoms with Crippen molar-refractivity contribution in [3.63, 3.8) is 0 Å². The Labute approximate surface area is 178 Å². The number of piperazine rings is 1. The van der Waals surface area contributed by atoms with E-state index >= 15 is 0 Å². The van der Waals surface area contributed by atoms with Gasteiger partial charge < -0.3 is 14.8 Å². The Morgan fingerprint density at radius 3 is 2.59 bits per heavy atom. The molecule has 0 saturated carbocycles. The molecule has 150 valence electrons. The van der Waals surface area contributed by atoms with E-state index in [2.05, 4.69) is 9.88 Å². The Hall–Kier alpha value is -2.64. The summed E-state index contributed by atoms with van der Waals surface area (Å²) in [5.74, 6) is -0.0448. The van der Waals surface area contributed by atoms with Crippen LogP contribution in [-0.4, -0.2) is 46.5 Å². The zero-order valence-electron chi connectivity index (χ0n) is 16.0. The van der Waals surface area contributed by atoms with Gasteiger partial charge in [0.2, 0.25) is 0 Å². The van der Waals surface area contributed by atoms with E-state index in [1.54, 1.807) is 18.2 Å². The van der Waals surface area contributed by atoms with E-state index in [0.29, 0.717) is 45.9 Å². The molecular formula is C21H21ClN4O2S. The van der Waals surface area contributed by atoms with Crippen LogP contribution in [0.5, 0.6) is 0 Å². The van der Waals surface area contributed by atoms with Gasteiger partial charge in [0.25, 0.3) is 11.5 Å². The highest BCUT2D eigenvalue weighted by Crippen LogP contribution is 2.21. The van der Waals surface area contributed by atoms with Crippen LogP contribution < -0.4 is 10.5 Å². The number of aromatic amines is 1. The topological polar surface area (TPSA) is 61.3 Å². The fourth-order valence-corrected chi connectivity index (χ4v) is 4.20. The standard InChI is InChI=1S/C21H21ClN4O2S/c1-2-26-20(28)17-7-6-14(12-18(17)23-21(26)29)19(27)25-10-8-24(9-11-25)16-5-3-4-15(22)13-16/h3-7,12-13H,2,8-11H2,1H3,(H,23,29). The zero-order valence-corrected chi connectivity index (χ0v) is 17.6. The Morgan fingerprint density at radius 1 is 1.14 bits per heavy atom. The van der Waals surface area contributed by atoms with Gasteiger partial charge in [0, 0.05) is 49.0 Å². The van der Waals surface area contributed by atoms with Gasteiger partial charge in [-0.3, -0.25) is 14.2 Å². The SMILES string of the molecule is CCn1c(=S)[nH]c2cc(C(=O)N3CCN(c4cccc(Cl)c4)CC3)ccc2c1=O. The number of rotatable bonds is 3. The Bertz CT molecular complexity index is 1200. The molecule has 0 aliphatic carbocycles. The Morgan fingerprint density at radius 2 is 1.90 bits per heavy atom. The maximum Gasteiger partial charge on any atom is 0.262 e. The van der Waals surface area contributed by atoms with Crippen LogP contribution in [0.4, 0.5) is 5.69 Å². The number of anilines is 1. The van der Waals surface area contributed by atoms with Gasteiger partial charge in [-0.05, 0) is 55.5 Å². The second-order valence-corrected chi connectivity index (χ2v) is 7.82. The summed E-state index contributed by atoms with van der Waals surface area (Å²) >= 11 is 11.4. The highest BCUT2D eigenvalue weighted by Gasteiger charge is 2.23. The number of amides is 1. The summed E-state index contributed by atoms with van der Waals surface area (Å²) in [6.45, 7) is 5.10. The molecule has 2 heterocycles. The number of carbonyl (C=O) groups excluding carboxylic acids is 1. The van der Waals surface area contributed by atoms with E-state index in [0.717, 1.165) is 18.8 Å². The van der Waals surface area contributed by atoms with Crippen LogP contribution in [0, 0.1) is 4.77 Å². The van der Waals surface area contributed by atoms with Crippen molar-refractivity contribution in [2.24, 2.45) is 0 Å². The summed E-state index contributed by atoms with van der Waals surface area (Å²) in [6.07, 6.45) is 0. The molecule has 0 bridgehead atoms. The first kappa shape index (κ1) is 19.7. The maximum atomic E-state index is 13.0. The molecule has 1 fully saturated rings. The molecule has 1 amide bonds. The number of fused-ring (bicyclic) bond motifs is 1. The van der Waals surface area contributed by atoms with Gasteiger partial charge in [-0.25, -0.2) is 0 Å². The summed E-state index contributed by atoms with van der Waals surface area (Å²) in [6, 6.07) is 12.9. The number of carbonyl (C=O) groups is 1. The lowest BCUT2D eigenvalue weighted by atomic mass is 10.1. The molecule has 0 unspecified atom stereocenters. The molecule has 3 aromatic rings. The number of hydrogen-bond donors (Lipinski definition) is 1. The Balaban J connectivity index is 1.54. The number of nitrogens with zero attached hydrogens (tertiary/aromatic N) is 3. The minimum absolute atomic E-state index is 0.0448. The van der Waals surface area contributed by atoms with Gasteiger partial charge in [-0.1, -0.05) is 17.7 Å². The fourth-order valence-electron chi connectivity index (χ4n) is 3.70. The lowest BCUT2D eigenvalue weighted by Gasteiger charge is -2.36. The highest BCUT2D eigenvalue weighted by atomic mass is 35.5. The van der Waals surface area contributed by atoms with Crippen molar-refractivity contribution in [2.75, 3.05) is 31.1 Å². The average Bonchev–Trinajstić information content (AvgIpc) is 2.73. The quantitative estimate of drug-likeness (QED) is 0.646. The average molecular weight is 429 g/mol. The minimum Gasteiger partial charge on any atom is -0.368 e. The molecule has 8 heteroatoms. The van der Waals surface area contributed by atoms with Crippen molar-refractivity contribution in [1.82, 2.24) is 14.5 Å². The molecule has 0 spiro atoms. The highest BCUT2D eigenvalue weighted by molar-refractivity contribution is 7.71. The summed E-state index contributed by atoms with van der Waals surface area (Å²) in [5.41, 5.74) is 2.07. The van der Waals surface area contributed by atoms with E-state index in [9.17, 15) is 9.59 Å². The zero-order chi connectivity index (χ0) is 20.5. The molecule has 6 nitrogen and oxygen atoms in total. The van der Waals surface area contributed by atoms with Crippen LogP contribution in [0.15, 0.2) is 47.3 Å². The largest absolute Gasteiger partial charge is 0.368 e. The third-order valence-electron chi connectivity index (χ3n) is 5.29. The van der Waals surface area contributed by atoms with Crippen molar-refractivity contribution in [3.05, 3.63) is 68.2 Å². The smallest absolute Gasteiger partial charge is 0.262 e. The van der Waals surface area contributed by atoms with E-state index in [1.807, 2.05) is 36.1 Å². The third-order valence-corrected chi connectivity index (χ3v) is 5.84. The molecule has 1 N–H and O–H groups in total. The van der Waals surface area contributed by atoms with E-state index in [1.165, 1.54) is 4.57 Å². The van der Waals surface area contributed by atoms with Gasteiger partial charge in [-0.15, -0.1) is 0 Å². The van der Waals surface area contributed by atoms with E-state index < -0.39 is 0 Å². The summed E-state index contributed by atoms with van der Waals surface area (Å²) in [7, 11) is 0. The molecule has 1 aromatic heterocycles. The second-order valence-electron chi connectivity index (χ2n) is 7.00. The summed E-state index contributed by atoms with van der Waals surface area (Å²) in [5, 5.41) is 1.24. The van der Waals surface area contributed by atoms with Crippen LogP contribution in [0.1, 0.15) is 17.3 Å². The number of nitrogens with one attached hydrogen (secondary N) is 1. The van der Waals surface area contributed by atoms with Gasteiger partial charge in [0.15, 0.2) is 4.77 Å². The van der Waals surface area contributed by atoms with Crippen molar-refractivity contribution in [1.29, 1.82) is 0 Å². The van der Waals surface area contributed by atoms with E-state index in [4.69, 9.17) is 23.8 Å². The second kappa shape index (κ2) is 8.00. The lowest BCUT2D eigenvalue weighted by Crippen LogP contribution is -2.48. The number of aromatic nitrogens is 2. The number of hydrogen-bond acceptors (Lipinski definition) is 4. The number of halogens is 1. The monoisotopic (exact) mass is 428 g/mol. The maximum absolute atomic E-state index is 13.0. The van der Waals surface area contributed by atoms with Gasteiger partial charge >= 0.3 is 0 Å². The van der Waals surface area contributed by atoms with Crippen molar-refractivity contribution < 1.29 is 4.79 Å². The first-order chi connectivity index (χ1) is 14.0. The molecule has 29 heavy (non-hydrogen) atoms. The summed E-state index contributed by atoms with van der Waals surface area (Å²) < 4.78 is 1.87. The Kier molecular flexibility index (Phi) is 5.43. The van der Waals surface area contributed by atoms with Crippen LogP contribution in [0.2, 0.25) is 5.02 Å². The fraction of sp³-hybridized carbons (Fsp3) is 0.286. The van der Waals surface area contributed by atoms with E-state index in [-0.39, 0.29) is 11.5 Å². The first-order valence-corrected chi connectivity index (χ1v) is 10.3. The molecule has 0 atom stereocenters. The van der Waals surface area contributed by atoms with Crippen molar-refractivity contribution >= 4 is 46.3 Å². The van der Waals surface area contributed by atoms with Gasteiger partial charge in [0.05, 0.1) is 10.9 Å². The molecule has 1 aliphatic heterocycles. The lowest BCUT2D eigenvalue weighted by molar-refractivity contribution is 0.0747. The third kappa shape index (κ3) is 3.80. The molecular weight excluding hydrogens is 408 g/mol. The molecule has 1 aliphatic rings. The first-order valence-electron chi connectivity index (χ1n) is 9.54. The van der Waals surface area contributed by atoms with Crippen molar-refractivity contribution in [2.45, 2.75) is 13.5 Å². The molecule has 4 rings (SSSR count). The van der Waals surface area contributed by atoms with Gasteiger partial charge in [0.1, 0.15) is 0 Å². The predicted octanol–water partition coefficient (Wildman–Crippen LogP) is 3.69. The normalized spacial score (nSPS) is 14.4. The van der Waals surface area contributed by atoms with Crippen LogP contribution in [0.25, 0.3) is 10.9 Å². The molecule has 1 saturated heterocycles. The van der Waals surface area contributed by atoms with Crippen LogP contribution >= 0.6 is 23.8 Å². The number of benzene rings is 2. The summed E-state index contributed by atoms with van der Waals surface area (Å²) in [4.78, 5) is 32.6. The van der Waals surface area contributed by atoms with Crippen molar-refractivity contribution in [3.8, 4) is 0 Å². The molecule has 2 aromatic carbocycles.